The largest absolute Gasteiger partial charge is 0.472 e. The smallest absolute Gasteiger partial charge is 0.0974 e. The van der Waals surface area contributed by atoms with E-state index in [0.717, 1.165) is 5.56 Å². The first-order valence-electron chi connectivity index (χ1n) is 3.13. The van der Waals surface area contributed by atoms with E-state index < -0.39 is 0 Å². The fourth-order valence-electron chi connectivity index (χ4n) is 0.614. The van der Waals surface area contributed by atoms with Crippen LogP contribution in [0.4, 0.5) is 0 Å². The molecule has 1 heterocycles. The molecule has 1 rings (SSSR count). The Balaban J connectivity index is 2.55. The van der Waals surface area contributed by atoms with Crippen LogP contribution >= 0.6 is 15.9 Å². The molecule has 1 nitrogen and oxygen atoms in total. The summed E-state index contributed by atoms with van der Waals surface area (Å²) < 4.78 is 4.88. The van der Waals surface area contributed by atoms with Gasteiger partial charge in [0.2, 0.25) is 0 Å². The van der Waals surface area contributed by atoms with E-state index in [9.17, 15) is 0 Å². The molecule has 0 bridgehead atoms. The number of hydrogen-bond acceptors (Lipinski definition) is 1. The first kappa shape index (κ1) is 7.61. The summed E-state index contributed by atoms with van der Waals surface area (Å²) in [5.41, 5.74) is 1.10. The number of alkyl halides is 1. The van der Waals surface area contributed by atoms with Crippen molar-refractivity contribution in [1.82, 2.24) is 0 Å². The van der Waals surface area contributed by atoms with E-state index in [-0.39, 0.29) is 0 Å². The Morgan fingerprint density at radius 2 is 2.50 bits per heavy atom. The molecule has 54 valence electrons. The van der Waals surface area contributed by atoms with Crippen LogP contribution in [0.3, 0.4) is 0 Å². The summed E-state index contributed by atoms with van der Waals surface area (Å²) >= 11 is 3.40. The van der Waals surface area contributed by atoms with Crippen molar-refractivity contribution in [1.29, 1.82) is 0 Å². The van der Waals surface area contributed by atoms with Crippen molar-refractivity contribution in [3.05, 3.63) is 30.2 Å². The van der Waals surface area contributed by atoms with E-state index >= 15 is 0 Å². The van der Waals surface area contributed by atoms with E-state index in [4.69, 9.17) is 4.42 Å². The summed E-state index contributed by atoms with van der Waals surface area (Å²) in [6.45, 7) is 2.07. The molecule has 0 radical (unpaired) electrons. The third kappa shape index (κ3) is 2.40. The standard InChI is InChI=1S/C8H9BrO/c1-7(9)2-3-8-4-5-10-6-8/h2-7H,1H3/b3-2+. The molecule has 10 heavy (non-hydrogen) atoms. The molecule has 0 aliphatic rings. The van der Waals surface area contributed by atoms with Crippen molar-refractivity contribution in [2.45, 2.75) is 11.8 Å². The number of rotatable bonds is 2. The van der Waals surface area contributed by atoms with Crippen LogP contribution in [0.1, 0.15) is 12.5 Å². The van der Waals surface area contributed by atoms with Gasteiger partial charge in [0.15, 0.2) is 0 Å². The molecule has 2 heteroatoms. The maximum Gasteiger partial charge on any atom is 0.0974 e. The number of hydrogen-bond donors (Lipinski definition) is 0. The van der Waals surface area contributed by atoms with Crippen molar-refractivity contribution < 1.29 is 4.42 Å². The Labute approximate surface area is 68.9 Å². The van der Waals surface area contributed by atoms with Crippen molar-refractivity contribution in [2.24, 2.45) is 0 Å². The highest BCUT2D eigenvalue weighted by molar-refractivity contribution is 9.09. The lowest BCUT2D eigenvalue weighted by Gasteiger charge is -1.88. The molecule has 0 fully saturated rings. The van der Waals surface area contributed by atoms with E-state index in [2.05, 4.69) is 28.9 Å². The highest BCUT2D eigenvalue weighted by Gasteiger charge is 1.88. The molecule has 0 spiro atoms. The van der Waals surface area contributed by atoms with Gasteiger partial charge in [-0.1, -0.05) is 28.1 Å². The third-order valence-electron chi connectivity index (χ3n) is 1.10. The maximum absolute atomic E-state index is 4.88. The van der Waals surface area contributed by atoms with Crippen molar-refractivity contribution in [2.75, 3.05) is 0 Å². The molecule has 1 unspecified atom stereocenters. The lowest BCUT2D eigenvalue weighted by Crippen LogP contribution is -1.77. The van der Waals surface area contributed by atoms with Crippen molar-refractivity contribution >= 4 is 22.0 Å². The summed E-state index contributed by atoms with van der Waals surface area (Å²) in [4.78, 5) is 0.419. The molecule has 1 aromatic heterocycles. The normalized spacial score (nSPS) is 14.2. The van der Waals surface area contributed by atoms with Gasteiger partial charge in [-0.15, -0.1) is 0 Å². The highest BCUT2D eigenvalue weighted by atomic mass is 79.9. The minimum atomic E-state index is 0.419. The predicted octanol–water partition coefficient (Wildman–Crippen LogP) is 3.08. The van der Waals surface area contributed by atoms with Crippen molar-refractivity contribution in [3.8, 4) is 0 Å². The minimum absolute atomic E-state index is 0.419. The fourth-order valence-corrected chi connectivity index (χ4v) is 0.766. The average molecular weight is 201 g/mol. The van der Waals surface area contributed by atoms with Gasteiger partial charge in [0.25, 0.3) is 0 Å². The molecule has 0 amide bonds. The van der Waals surface area contributed by atoms with Crippen LogP contribution in [-0.2, 0) is 0 Å². The van der Waals surface area contributed by atoms with Gasteiger partial charge in [0.1, 0.15) is 0 Å². The maximum atomic E-state index is 4.88. The lowest BCUT2D eigenvalue weighted by molar-refractivity contribution is 0.567. The molecular formula is C8H9BrO. The van der Waals surface area contributed by atoms with Gasteiger partial charge in [-0.3, -0.25) is 0 Å². The average Bonchev–Trinajstić information content (AvgIpc) is 2.34. The molecule has 0 N–H and O–H groups in total. The first-order valence-corrected chi connectivity index (χ1v) is 4.05. The van der Waals surface area contributed by atoms with E-state index in [0.29, 0.717) is 4.83 Å². The van der Waals surface area contributed by atoms with Crippen LogP contribution in [0.25, 0.3) is 6.08 Å². The van der Waals surface area contributed by atoms with E-state index in [1.54, 1.807) is 12.5 Å². The molecule has 1 aromatic rings. The van der Waals surface area contributed by atoms with Gasteiger partial charge in [-0.25, -0.2) is 0 Å². The lowest BCUT2D eigenvalue weighted by atomic mass is 10.3. The summed E-state index contributed by atoms with van der Waals surface area (Å²) in [5, 5.41) is 0. The second-order valence-electron chi connectivity index (χ2n) is 2.09. The first-order chi connectivity index (χ1) is 4.79. The SMILES string of the molecule is CC(Br)/C=C/c1ccoc1. The number of halogens is 1. The zero-order valence-electron chi connectivity index (χ0n) is 5.75. The van der Waals surface area contributed by atoms with Crippen LogP contribution in [0.15, 0.2) is 29.1 Å². The predicted molar refractivity (Wildman–Crippen MR) is 46.1 cm³/mol. The van der Waals surface area contributed by atoms with Crippen LogP contribution in [0.5, 0.6) is 0 Å². The van der Waals surface area contributed by atoms with Crippen LogP contribution in [-0.4, -0.2) is 4.83 Å². The van der Waals surface area contributed by atoms with Crippen LogP contribution in [0, 0.1) is 0 Å². The minimum Gasteiger partial charge on any atom is -0.472 e. The van der Waals surface area contributed by atoms with Gasteiger partial charge in [0, 0.05) is 10.4 Å². The van der Waals surface area contributed by atoms with Gasteiger partial charge in [-0.2, -0.15) is 0 Å². The van der Waals surface area contributed by atoms with Crippen LogP contribution < -0.4 is 0 Å². The third-order valence-corrected chi connectivity index (χ3v) is 1.40. The summed E-state index contributed by atoms with van der Waals surface area (Å²) in [7, 11) is 0. The molecule has 0 saturated heterocycles. The van der Waals surface area contributed by atoms with Gasteiger partial charge >= 0.3 is 0 Å². The molecule has 0 aliphatic heterocycles. The Hall–Kier alpha value is -0.500. The molecule has 0 saturated carbocycles. The Kier molecular flexibility index (Phi) is 2.75. The zero-order chi connectivity index (χ0) is 7.40. The highest BCUT2D eigenvalue weighted by Crippen LogP contribution is 2.06. The van der Waals surface area contributed by atoms with E-state index in [1.807, 2.05) is 12.1 Å². The molecule has 1 atom stereocenters. The van der Waals surface area contributed by atoms with Gasteiger partial charge in [-0.05, 0) is 13.0 Å². The van der Waals surface area contributed by atoms with Crippen molar-refractivity contribution in [3.63, 3.8) is 0 Å². The summed E-state index contributed by atoms with van der Waals surface area (Å²) in [5.74, 6) is 0. The Bertz CT molecular complexity index is 199. The molecule has 0 aliphatic carbocycles. The number of allylic oxidation sites excluding steroid dienone is 1. The Morgan fingerprint density at radius 3 is 3.00 bits per heavy atom. The molecule has 0 aromatic carbocycles. The van der Waals surface area contributed by atoms with Crippen LogP contribution in [0.2, 0.25) is 0 Å². The number of furan rings is 1. The van der Waals surface area contributed by atoms with Gasteiger partial charge < -0.3 is 4.42 Å². The van der Waals surface area contributed by atoms with E-state index in [1.165, 1.54) is 0 Å². The van der Waals surface area contributed by atoms with Gasteiger partial charge in [0.05, 0.1) is 12.5 Å². The zero-order valence-corrected chi connectivity index (χ0v) is 7.34. The second kappa shape index (κ2) is 3.62. The second-order valence-corrected chi connectivity index (χ2v) is 3.54. The quantitative estimate of drug-likeness (QED) is 0.670. The monoisotopic (exact) mass is 200 g/mol. The molecular weight excluding hydrogens is 192 g/mol. The topological polar surface area (TPSA) is 13.1 Å². The summed E-state index contributed by atoms with van der Waals surface area (Å²) in [6.07, 6.45) is 7.46. The Morgan fingerprint density at radius 1 is 1.70 bits per heavy atom. The fraction of sp³-hybridized carbons (Fsp3) is 0.250. The summed E-state index contributed by atoms with van der Waals surface area (Å²) in [6, 6.07) is 1.92.